The van der Waals surface area contributed by atoms with Gasteiger partial charge in [-0.15, -0.1) is 0 Å². The average Bonchev–Trinajstić information content (AvgIpc) is 2.27. The Bertz CT molecular complexity index is 321. The van der Waals surface area contributed by atoms with Crippen molar-refractivity contribution in [3.05, 3.63) is 35.6 Å². The molecule has 2 unspecified atom stereocenters. The molecule has 1 aromatic rings. The highest BCUT2D eigenvalue weighted by molar-refractivity contribution is 5.21. The maximum absolute atomic E-state index is 13.0. The van der Waals surface area contributed by atoms with E-state index in [0.717, 1.165) is 0 Å². The zero-order valence-electron chi connectivity index (χ0n) is 9.33. The van der Waals surface area contributed by atoms with Crippen LogP contribution in [0, 0.1) is 5.82 Å². The lowest BCUT2D eigenvalue weighted by atomic mass is 9.90. The van der Waals surface area contributed by atoms with Crippen LogP contribution < -0.4 is 0 Å². The minimum absolute atomic E-state index is 0.346. The largest absolute Gasteiger partial charge is 0.385 e. The van der Waals surface area contributed by atoms with Gasteiger partial charge in [-0.1, -0.05) is 19.1 Å². The molecule has 0 aliphatic carbocycles. The zero-order chi connectivity index (χ0) is 11.5. The van der Waals surface area contributed by atoms with E-state index >= 15 is 0 Å². The molecule has 15 heavy (non-hydrogen) atoms. The monoisotopic (exact) mass is 212 g/mol. The quantitative estimate of drug-likeness (QED) is 0.831. The van der Waals surface area contributed by atoms with Crippen molar-refractivity contribution in [2.75, 3.05) is 7.11 Å². The van der Waals surface area contributed by atoms with Crippen LogP contribution in [0.25, 0.3) is 0 Å². The Hall–Kier alpha value is -0.930. The van der Waals surface area contributed by atoms with Gasteiger partial charge in [-0.2, -0.15) is 0 Å². The van der Waals surface area contributed by atoms with Crippen molar-refractivity contribution in [2.45, 2.75) is 32.0 Å². The van der Waals surface area contributed by atoms with E-state index in [-0.39, 0.29) is 5.82 Å². The highest BCUT2D eigenvalue weighted by Gasteiger charge is 2.32. The molecule has 2 nitrogen and oxygen atoms in total. The molecule has 0 radical (unpaired) electrons. The van der Waals surface area contributed by atoms with E-state index in [9.17, 15) is 9.50 Å². The third-order valence-electron chi connectivity index (χ3n) is 2.91. The molecule has 0 fully saturated rings. The van der Waals surface area contributed by atoms with E-state index in [2.05, 4.69) is 0 Å². The van der Waals surface area contributed by atoms with Gasteiger partial charge in [-0.3, -0.25) is 0 Å². The van der Waals surface area contributed by atoms with E-state index in [4.69, 9.17) is 4.74 Å². The topological polar surface area (TPSA) is 29.5 Å². The number of ether oxygens (including phenoxy) is 1. The maximum Gasteiger partial charge on any atom is 0.123 e. The fraction of sp³-hybridized carbons (Fsp3) is 0.500. The smallest absolute Gasteiger partial charge is 0.123 e. The average molecular weight is 212 g/mol. The lowest BCUT2D eigenvalue weighted by molar-refractivity contribution is -0.0944. The first kappa shape index (κ1) is 12.1. The fourth-order valence-electron chi connectivity index (χ4n) is 1.48. The molecule has 0 aliphatic heterocycles. The highest BCUT2D eigenvalue weighted by atomic mass is 19.1. The summed E-state index contributed by atoms with van der Waals surface area (Å²) >= 11 is 0. The summed E-state index contributed by atoms with van der Waals surface area (Å²) in [7, 11) is 1.55. The summed E-state index contributed by atoms with van der Waals surface area (Å²) in [5.41, 5.74) is -0.130. The van der Waals surface area contributed by atoms with Crippen molar-refractivity contribution in [2.24, 2.45) is 0 Å². The van der Waals surface area contributed by atoms with Gasteiger partial charge >= 0.3 is 0 Å². The van der Waals surface area contributed by atoms with Crippen LogP contribution in [0.3, 0.4) is 0 Å². The number of halogens is 1. The van der Waals surface area contributed by atoms with E-state index < -0.39 is 11.7 Å². The standard InChI is InChI=1S/C12H17FO2/c1-4-12(2,15-3)11(14)9-6-5-7-10(13)8-9/h5-8,11,14H,4H2,1-3H3. The Balaban J connectivity index is 2.97. The Morgan fingerprint density at radius 2 is 2.20 bits per heavy atom. The minimum atomic E-state index is -0.816. The van der Waals surface area contributed by atoms with Crippen molar-refractivity contribution < 1.29 is 14.2 Å². The molecule has 0 bridgehead atoms. The summed E-state index contributed by atoms with van der Waals surface area (Å²) < 4.78 is 18.2. The van der Waals surface area contributed by atoms with Crippen LogP contribution in [0.2, 0.25) is 0 Å². The van der Waals surface area contributed by atoms with Gasteiger partial charge in [0, 0.05) is 7.11 Å². The lowest BCUT2D eigenvalue weighted by Crippen LogP contribution is -2.34. The van der Waals surface area contributed by atoms with Crippen molar-refractivity contribution in [1.82, 2.24) is 0 Å². The fourth-order valence-corrected chi connectivity index (χ4v) is 1.48. The number of methoxy groups -OCH3 is 1. The normalized spacial score (nSPS) is 17.1. The summed E-state index contributed by atoms with van der Waals surface area (Å²) in [5, 5.41) is 10.1. The Morgan fingerprint density at radius 3 is 2.67 bits per heavy atom. The molecule has 1 aromatic carbocycles. The Kier molecular flexibility index (Phi) is 3.83. The number of hydrogen-bond donors (Lipinski definition) is 1. The lowest BCUT2D eigenvalue weighted by Gasteiger charge is -2.32. The van der Waals surface area contributed by atoms with Crippen LogP contribution in [0.1, 0.15) is 31.9 Å². The van der Waals surface area contributed by atoms with Gasteiger partial charge in [0.1, 0.15) is 11.9 Å². The molecule has 1 N–H and O–H groups in total. The predicted molar refractivity (Wildman–Crippen MR) is 57.1 cm³/mol. The summed E-state index contributed by atoms with van der Waals surface area (Å²) in [6, 6.07) is 5.96. The van der Waals surface area contributed by atoms with Crippen LogP contribution >= 0.6 is 0 Å². The van der Waals surface area contributed by atoms with Gasteiger partial charge in [-0.05, 0) is 31.0 Å². The van der Waals surface area contributed by atoms with E-state index in [1.54, 1.807) is 19.2 Å². The van der Waals surface area contributed by atoms with E-state index in [1.807, 2.05) is 13.8 Å². The van der Waals surface area contributed by atoms with E-state index in [1.165, 1.54) is 12.1 Å². The van der Waals surface area contributed by atoms with Crippen LogP contribution in [-0.4, -0.2) is 17.8 Å². The second-order valence-corrected chi connectivity index (χ2v) is 3.83. The molecule has 2 atom stereocenters. The molecule has 0 saturated heterocycles. The predicted octanol–water partition coefficient (Wildman–Crippen LogP) is 2.67. The van der Waals surface area contributed by atoms with Crippen LogP contribution in [0.4, 0.5) is 4.39 Å². The number of aliphatic hydroxyl groups excluding tert-OH is 1. The van der Waals surface area contributed by atoms with Gasteiger partial charge in [0.05, 0.1) is 5.60 Å². The minimum Gasteiger partial charge on any atom is -0.385 e. The SMILES string of the molecule is CCC(C)(OC)C(O)c1cccc(F)c1. The van der Waals surface area contributed by atoms with Gasteiger partial charge in [0.2, 0.25) is 0 Å². The van der Waals surface area contributed by atoms with Gasteiger partial charge in [0.15, 0.2) is 0 Å². The van der Waals surface area contributed by atoms with Crippen molar-refractivity contribution in [1.29, 1.82) is 0 Å². The van der Waals surface area contributed by atoms with Crippen LogP contribution in [0.15, 0.2) is 24.3 Å². The highest BCUT2D eigenvalue weighted by Crippen LogP contribution is 2.31. The Morgan fingerprint density at radius 1 is 1.53 bits per heavy atom. The maximum atomic E-state index is 13.0. The first-order valence-electron chi connectivity index (χ1n) is 5.02. The third-order valence-corrected chi connectivity index (χ3v) is 2.91. The number of rotatable bonds is 4. The molecule has 0 heterocycles. The van der Waals surface area contributed by atoms with Crippen LogP contribution in [0.5, 0.6) is 0 Å². The number of hydrogen-bond acceptors (Lipinski definition) is 2. The molecule has 1 rings (SSSR count). The molecule has 84 valence electrons. The second-order valence-electron chi connectivity index (χ2n) is 3.83. The summed E-state index contributed by atoms with van der Waals surface area (Å²) in [5.74, 6) is -0.346. The molecular formula is C12H17FO2. The molecule has 0 spiro atoms. The zero-order valence-corrected chi connectivity index (χ0v) is 9.33. The van der Waals surface area contributed by atoms with Gasteiger partial charge < -0.3 is 9.84 Å². The third kappa shape index (κ3) is 2.55. The second kappa shape index (κ2) is 4.73. The number of aliphatic hydroxyl groups is 1. The molecule has 0 aliphatic rings. The molecule has 0 aromatic heterocycles. The summed E-state index contributed by atoms with van der Waals surface area (Å²) in [6.07, 6.45) is -0.163. The van der Waals surface area contributed by atoms with Gasteiger partial charge in [0.25, 0.3) is 0 Å². The van der Waals surface area contributed by atoms with E-state index in [0.29, 0.717) is 12.0 Å². The Labute approximate surface area is 89.7 Å². The van der Waals surface area contributed by atoms with Crippen molar-refractivity contribution in [3.63, 3.8) is 0 Å². The first-order chi connectivity index (χ1) is 7.03. The van der Waals surface area contributed by atoms with Crippen LogP contribution in [-0.2, 0) is 4.74 Å². The summed E-state index contributed by atoms with van der Waals surface area (Å²) in [6.45, 7) is 3.73. The van der Waals surface area contributed by atoms with Gasteiger partial charge in [-0.25, -0.2) is 4.39 Å². The molecule has 0 amide bonds. The molecule has 3 heteroatoms. The van der Waals surface area contributed by atoms with Crippen molar-refractivity contribution in [3.8, 4) is 0 Å². The molecule has 0 saturated carbocycles. The van der Waals surface area contributed by atoms with Crippen molar-refractivity contribution >= 4 is 0 Å². The number of benzene rings is 1. The summed E-state index contributed by atoms with van der Waals surface area (Å²) in [4.78, 5) is 0. The molecular weight excluding hydrogens is 195 g/mol. The first-order valence-corrected chi connectivity index (χ1v) is 5.02.